The van der Waals surface area contributed by atoms with Gasteiger partial charge in [0.05, 0.1) is 32.0 Å². The third-order valence-electron chi connectivity index (χ3n) is 10.9. The van der Waals surface area contributed by atoms with Crippen LogP contribution in [0.4, 0.5) is 56.0 Å². The van der Waals surface area contributed by atoms with Crippen molar-refractivity contribution in [2.24, 2.45) is 0 Å². The molecule has 17 nitrogen and oxygen atoms in total. The molecule has 8 rings (SSSR count). The second-order valence-corrected chi connectivity index (χ2v) is 22.1. The minimum atomic E-state index is -4.42. The molecule has 3 amide bonds. The Balaban J connectivity index is 0.000000215. The van der Waals surface area contributed by atoms with E-state index in [1.54, 1.807) is 36.4 Å². The van der Waals surface area contributed by atoms with E-state index in [9.17, 15) is 75.5 Å². The van der Waals surface area contributed by atoms with Gasteiger partial charge in [0.15, 0.2) is 0 Å². The minimum absolute atomic E-state index is 0.0234. The van der Waals surface area contributed by atoms with Crippen molar-refractivity contribution in [3.05, 3.63) is 231 Å². The van der Waals surface area contributed by atoms with Crippen LogP contribution in [0.25, 0.3) is 0 Å². The van der Waals surface area contributed by atoms with Gasteiger partial charge in [-0.15, -0.1) is 10.2 Å². The van der Waals surface area contributed by atoms with Gasteiger partial charge in [-0.05, 0) is 150 Å². The number of nitrogens with two attached hydrogens (primary N) is 2. The van der Waals surface area contributed by atoms with Gasteiger partial charge in [-0.25, -0.2) is 21.6 Å². The number of nitrogens with zero attached hydrogens (tertiary/aromatic N) is 2. The molecule has 1 aromatic heterocycles. The van der Waals surface area contributed by atoms with Gasteiger partial charge in [0.2, 0.25) is 5.13 Å². The Labute approximate surface area is 481 Å². The number of anilines is 3. The molecule has 0 aliphatic carbocycles. The summed E-state index contributed by atoms with van der Waals surface area (Å²) in [5.41, 5.74) is 13.8. The van der Waals surface area contributed by atoms with Crippen LogP contribution in [-0.2, 0) is 57.2 Å². The molecule has 0 atom stereocenters. The number of alkyl halides is 9. The first-order valence-electron chi connectivity index (χ1n) is 23.5. The number of rotatable bonds is 14. The first-order valence-corrected chi connectivity index (χ1v) is 28.2. The zero-order chi connectivity index (χ0) is 62.0. The predicted octanol–water partition coefficient (Wildman–Crippen LogP) is 11.0. The average Bonchev–Trinajstić information content (AvgIpc) is 4.13. The smallest absolute Gasteiger partial charge is 0.416 e. The maximum atomic E-state index is 12.6. The molecule has 0 unspecified atom stereocenters. The summed E-state index contributed by atoms with van der Waals surface area (Å²) < 4.78 is 161. The summed E-state index contributed by atoms with van der Waals surface area (Å²) in [7, 11) is -2.56. The molecule has 0 spiro atoms. The molecule has 0 radical (unpaired) electrons. The van der Waals surface area contributed by atoms with Gasteiger partial charge in [-0.3, -0.25) is 19.1 Å². The molecule has 0 aliphatic heterocycles. The lowest BCUT2D eigenvalue weighted by atomic mass is 10.1. The summed E-state index contributed by atoms with van der Waals surface area (Å²) in [6, 6.07) is 36.1. The fourth-order valence-corrected chi connectivity index (χ4v) is 8.96. The molecular formula is C54H44ClF9N8O9S3. The molecule has 30 heteroatoms. The number of amides is 3. The van der Waals surface area contributed by atoms with Gasteiger partial charge in [-0.2, -0.15) is 39.5 Å². The SMILES string of the molecule is Nc1ccc(C(=O)NCc2ccc(C(F)(F)F)cc2)cc1.Nc1ccc(C(=O)O)cc1.O=C(NCc1ccc(C(F)(F)F)cc1)c1ccc(S(=O)(=O)Cl)cc1.O=C(NCc1ccc(C(F)(F)F)cc1)c1ccc(S(=O)(=O)Nc2nncs2)cc1. The van der Waals surface area contributed by atoms with Gasteiger partial charge in [0.1, 0.15) is 5.51 Å². The van der Waals surface area contributed by atoms with Crippen LogP contribution < -0.4 is 32.1 Å². The highest BCUT2D eigenvalue weighted by atomic mass is 35.7. The predicted molar refractivity (Wildman–Crippen MR) is 293 cm³/mol. The Morgan fingerprint density at radius 2 is 0.762 bits per heavy atom. The van der Waals surface area contributed by atoms with E-state index in [0.29, 0.717) is 33.6 Å². The van der Waals surface area contributed by atoms with Crippen molar-refractivity contribution in [2.45, 2.75) is 48.0 Å². The number of aromatic nitrogens is 2. The van der Waals surface area contributed by atoms with Crippen LogP contribution in [0, 0.1) is 0 Å². The van der Waals surface area contributed by atoms with Crippen LogP contribution in [0.5, 0.6) is 0 Å². The lowest BCUT2D eigenvalue weighted by Crippen LogP contribution is -2.23. The molecule has 9 N–H and O–H groups in total. The molecule has 0 fully saturated rings. The van der Waals surface area contributed by atoms with Crippen LogP contribution in [0.3, 0.4) is 0 Å². The number of benzene rings is 7. The minimum Gasteiger partial charge on any atom is -0.478 e. The third-order valence-corrected chi connectivity index (χ3v) is 14.4. The lowest BCUT2D eigenvalue weighted by molar-refractivity contribution is -0.138. The zero-order valence-electron chi connectivity index (χ0n) is 42.6. The van der Waals surface area contributed by atoms with E-state index in [1.165, 1.54) is 103 Å². The summed E-state index contributed by atoms with van der Waals surface area (Å²) >= 11 is 1.02. The van der Waals surface area contributed by atoms with E-state index in [-0.39, 0.29) is 57.2 Å². The molecule has 1 heterocycles. The van der Waals surface area contributed by atoms with Crippen molar-refractivity contribution < 1.29 is 80.6 Å². The number of carbonyl (C=O) groups excluding carboxylic acids is 3. The monoisotopic (exact) mass is 1250 g/mol. The van der Waals surface area contributed by atoms with Crippen molar-refractivity contribution in [1.29, 1.82) is 0 Å². The Bertz CT molecular complexity index is 3720. The molecule has 8 aromatic rings. The number of carbonyl (C=O) groups is 4. The van der Waals surface area contributed by atoms with E-state index >= 15 is 0 Å². The summed E-state index contributed by atoms with van der Waals surface area (Å²) in [5.74, 6) is -2.23. The van der Waals surface area contributed by atoms with Crippen molar-refractivity contribution in [2.75, 3.05) is 16.2 Å². The largest absolute Gasteiger partial charge is 0.478 e. The Hall–Kier alpha value is -9.06. The number of halogens is 10. The summed E-state index contributed by atoms with van der Waals surface area (Å²) in [6.07, 6.45) is -13.2. The van der Waals surface area contributed by atoms with Crippen LogP contribution >= 0.6 is 22.0 Å². The molecule has 0 aliphatic rings. The maximum Gasteiger partial charge on any atom is 0.416 e. The van der Waals surface area contributed by atoms with E-state index in [0.717, 1.165) is 47.7 Å². The van der Waals surface area contributed by atoms with Crippen LogP contribution in [-0.4, -0.2) is 55.8 Å². The first kappa shape index (κ1) is 65.7. The Morgan fingerprint density at radius 3 is 1.04 bits per heavy atom. The fraction of sp³-hybridized carbons (Fsp3) is 0.111. The lowest BCUT2D eigenvalue weighted by Gasteiger charge is -2.09. The van der Waals surface area contributed by atoms with Crippen LogP contribution in [0.1, 0.15) is 74.8 Å². The number of carboxylic acids is 1. The zero-order valence-corrected chi connectivity index (χ0v) is 45.8. The first-order chi connectivity index (χ1) is 39.3. The highest BCUT2D eigenvalue weighted by Crippen LogP contribution is 2.31. The van der Waals surface area contributed by atoms with Gasteiger partial charge in [0.25, 0.3) is 36.8 Å². The summed E-state index contributed by atoms with van der Waals surface area (Å²) in [5, 5.41) is 23.4. The molecule has 0 bridgehead atoms. The van der Waals surface area contributed by atoms with Gasteiger partial charge in [-0.1, -0.05) is 47.7 Å². The molecule has 84 heavy (non-hydrogen) atoms. The topological polar surface area (TPSA) is 283 Å². The molecule has 0 saturated heterocycles. The second-order valence-electron chi connectivity index (χ2n) is 17.0. The van der Waals surface area contributed by atoms with Gasteiger partial charge < -0.3 is 32.5 Å². The molecule has 442 valence electrons. The number of carboxylic acid groups (broad SMARTS) is 1. The third kappa shape index (κ3) is 21.0. The van der Waals surface area contributed by atoms with Gasteiger partial charge in [0, 0.05) is 58.4 Å². The molecule has 0 saturated carbocycles. The van der Waals surface area contributed by atoms with Crippen LogP contribution in [0.2, 0.25) is 0 Å². The summed E-state index contributed by atoms with van der Waals surface area (Å²) in [4.78, 5) is 46.0. The highest BCUT2D eigenvalue weighted by Gasteiger charge is 2.32. The number of hydrogen-bond acceptors (Lipinski definition) is 13. The van der Waals surface area contributed by atoms with Crippen LogP contribution in [0.15, 0.2) is 185 Å². The maximum absolute atomic E-state index is 12.6. The fourth-order valence-electron chi connectivity index (χ4n) is 6.49. The number of nitrogen functional groups attached to an aromatic ring is 2. The van der Waals surface area contributed by atoms with Crippen molar-refractivity contribution >= 4 is 81.3 Å². The normalized spacial score (nSPS) is 11.4. The van der Waals surface area contributed by atoms with E-state index in [1.807, 2.05) is 0 Å². The number of nitrogens with one attached hydrogen (secondary N) is 4. The van der Waals surface area contributed by atoms with Crippen molar-refractivity contribution in [3.63, 3.8) is 0 Å². The summed E-state index contributed by atoms with van der Waals surface area (Å²) in [6.45, 7) is 0.212. The second kappa shape index (κ2) is 28.8. The Morgan fingerprint density at radius 1 is 0.464 bits per heavy atom. The highest BCUT2D eigenvalue weighted by molar-refractivity contribution is 8.13. The number of aromatic carboxylic acids is 1. The average molecular weight is 1250 g/mol. The van der Waals surface area contributed by atoms with Gasteiger partial charge >= 0.3 is 24.5 Å². The van der Waals surface area contributed by atoms with Crippen molar-refractivity contribution in [3.8, 4) is 0 Å². The Kier molecular flexibility index (Phi) is 22.5. The standard InChI is InChI=1S/C17H13F3N4O3S2.C15H11ClF3NO3S.C15H13F3N2O.C7H7NO2/c18-17(19,20)13-5-1-11(2-6-13)9-21-15(25)12-3-7-14(8-4-12)29(26,27)24-16-23-22-10-28-16;16-24(22,23)13-7-3-11(4-8-13)14(21)20-9-10-1-5-12(6-2-10)15(17,18)19;16-15(17,18)12-5-1-10(2-6-12)9-20-14(21)11-3-7-13(19)8-4-11;8-6-3-1-5(2-4-6)7(9)10/h1-8,10H,9H2,(H,21,25)(H,23,24);1-8H,9H2,(H,20,21);1-8H,9,19H2,(H,20,21);1-4H,8H2,(H,9,10). The quantitative estimate of drug-likeness (QED) is 0.0303. The molecular weight excluding hydrogens is 1210 g/mol. The molecule has 7 aromatic carbocycles. The number of sulfonamides is 1. The van der Waals surface area contributed by atoms with Crippen molar-refractivity contribution in [1.82, 2.24) is 26.1 Å². The van der Waals surface area contributed by atoms with E-state index in [2.05, 4.69) is 30.9 Å². The van der Waals surface area contributed by atoms with E-state index < -0.39 is 72.1 Å². The van der Waals surface area contributed by atoms with E-state index in [4.69, 9.17) is 27.3 Å². The number of hydrogen-bond donors (Lipinski definition) is 7.